The summed E-state index contributed by atoms with van der Waals surface area (Å²) in [6.07, 6.45) is -2.74. The van der Waals surface area contributed by atoms with Gasteiger partial charge in [-0.15, -0.1) is 0 Å². The van der Waals surface area contributed by atoms with Crippen LogP contribution in [0.15, 0.2) is 77.9 Å². The molecular formula is C23H21F3N2O2. The number of rotatable bonds is 8. The normalized spacial score (nSPS) is 11.5. The molecule has 0 radical (unpaired) electrons. The fourth-order valence-corrected chi connectivity index (χ4v) is 2.69. The van der Waals surface area contributed by atoms with Gasteiger partial charge in [-0.3, -0.25) is 5.43 Å². The molecule has 0 aliphatic rings. The quantitative estimate of drug-likeness (QED) is 0.356. The third-order valence-corrected chi connectivity index (χ3v) is 4.10. The van der Waals surface area contributed by atoms with Crippen LogP contribution < -0.4 is 14.9 Å². The van der Waals surface area contributed by atoms with E-state index in [-0.39, 0.29) is 6.61 Å². The topological polar surface area (TPSA) is 42.8 Å². The van der Waals surface area contributed by atoms with Crippen LogP contribution in [0.1, 0.15) is 23.6 Å². The van der Waals surface area contributed by atoms with Gasteiger partial charge in [-0.1, -0.05) is 30.3 Å². The summed E-state index contributed by atoms with van der Waals surface area (Å²) in [5.74, 6) is 0.940. The maximum atomic E-state index is 12.9. The Kier molecular flexibility index (Phi) is 6.95. The van der Waals surface area contributed by atoms with Gasteiger partial charge in [0.15, 0.2) is 11.5 Å². The van der Waals surface area contributed by atoms with E-state index in [1.807, 2.05) is 37.3 Å². The molecule has 3 rings (SSSR count). The van der Waals surface area contributed by atoms with Crippen LogP contribution in [-0.4, -0.2) is 12.8 Å². The molecule has 0 fully saturated rings. The summed E-state index contributed by atoms with van der Waals surface area (Å²) in [6, 6.07) is 19.9. The van der Waals surface area contributed by atoms with Crippen LogP contribution in [0.5, 0.6) is 11.5 Å². The van der Waals surface area contributed by atoms with Crippen molar-refractivity contribution in [3.8, 4) is 11.5 Å². The Bertz CT molecular complexity index is 989. The van der Waals surface area contributed by atoms with Gasteiger partial charge in [0.25, 0.3) is 0 Å². The first-order valence-electron chi connectivity index (χ1n) is 9.35. The second-order valence-corrected chi connectivity index (χ2v) is 6.36. The lowest BCUT2D eigenvalue weighted by Crippen LogP contribution is -2.06. The van der Waals surface area contributed by atoms with Gasteiger partial charge in [0.1, 0.15) is 6.61 Å². The number of nitrogens with one attached hydrogen (secondary N) is 1. The summed E-state index contributed by atoms with van der Waals surface area (Å²) in [5, 5.41) is 4.19. The second kappa shape index (κ2) is 9.82. The molecule has 4 nitrogen and oxygen atoms in total. The minimum absolute atomic E-state index is 0.00695. The molecule has 3 aromatic rings. The molecule has 0 bridgehead atoms. The van der Waals surface area contributed by atoms with Crippen molar-refractivity contribution < 1.29 is 22.6 Å². The summed E-state index contributed by atoms with van der Waals surface area (Å²) < 4.78 is 50.0. The number of para-hydroxylation sites is 1. The Morgan fingerprint density at radius 2 is 1.70 bits per heavy atom. The van der Waals surface area contributed by atoms with E-state index in [9.17, 15) is 13.2 Å². The number of alkyl halides is 3. The van der Waals surface area contributed by atoms with Crippen LogP contribution in [-0.2, 0) is 12.8 Å². The number of ether oxygens (including phenoxy) is 2. The molecule has 0 heterocycles. The van der Waals surface area contributed by atoms with Crippen molar-refractivity contribution >= 4 is 11.9 Å². The Balaban J connectivity index is 1.69. The lowest BCUT2D eigenvalue weighted by atomic mass is 10.1. The number of hydrogen-bond donors (Lipinski definition) is 1. The van der Waals surface area contributed by atoms with Crippen molar-refractivity contribution in [2.75, 3.05) is 12.0 Å². The van der Waals surface area contributed by atoms with E-state index >= 15 is 0 Å². The average molecular weight is 414 g/mol. The fourth-order valence-electron chi connectivity index (χ4n) is 2.69. The molecule has 0 aliphatic carbocycles. The Labute approximate surface area is 173 Å². The number of hydrogen-bond acceptors (Lipinski definition) is 4. The maximum absolute atomic E-state index is 12.9. The van der Waals surface area contributed by atoms with Crippen molar-refractivity contribution in [3.63, 3.8) is 0 Å². The molecule has 7 heteroatoms. The highest BCUT2D eigenvalue weighted by atomic mass is 19.4. The molecule has 0 unspecified atom stereocenters. The van der Waals surface area contributed by atoms with Crippen molar-refractivity contribution in [2.45, 2.75) is 19.7 Å². The highest BCUT2D eigenvalue weighted by Crippen LogP contribution is 2.31. The second-order valence-electron chi connectivity index (χ2n) is 6.36. The molecule has 0 spiro atoms. The van der Waals surface area contributed by atoms with Crippen molar-refractivity contribution in [1.29, 1.82) is 0 Å². The van der Waals surface area contributed by atoms with Gasteiger partial charge in [0.2, 0.25) is 0 Å². The number of benzene rings is 3. The number of hydrazone groups is 1. The van der Waals surface area contributed by atoms with E-state index in [0.29, 0.717) is 23.7 Å². The maximum Gasteiger partial charge on any atom is 0.416 e. The van der Waals surface area contributed by atoms with Gasteiger partial charge in [-0.2, -0.15) is 18.3 Å². The summed E-state index contributed by atoms with van der Waals surface area (Å²) >= 11 is 0. The third-order valence-electron chi connectivity index (χ3n) is 4.10. The fraction of sp³-hybridized carbons (Fsp3) is 0.174. The molecule has 1 N–H and O–H groups in total. The van der Waals surface area contributed by atoms with Gasteiger partial charge in [-0.05, 0) is 60.5 Å². The molecular weight excluding hydrogens is 393 g/mol. The summed E-state index contributed by atoms with van der Waals surface area (Å²) in [5.41, 5.74) is 4.29. The van der Waals surface area contributed by atoms with Crippen LogP contribution >= 0.6 is 0 Å². The van der Waals surface area contributed by atoms with E-state index in [1.165, 1.54) is 6.07 Å². The SMILES string of the molecule is CCOc1cc(C=NNc2ccccc2)ccc1OCc1cccc(C(F)(F)F)c1. The van der Waals surface area contributed by atoms with E-state index in [2.05, 4.69) is 10.5 Å². The molecule has 156 valence electrons. The zero-order valence-electron chi connectivity index (χ0n) is 16.3. The van der Waals surface area contributed by atoms with Crippen molar-refractivity contribution in [3.05, 3.63) is 89.5 Å². The predicted molar refractivity (Wildman–Crippen MR) is 111 cm³/mol. The molecule has 0 aliphatic heterocycles. The third kappa shape index (κ3) is 6.01. The lowest BCUT2D eigenvalue weighted by molar-refractivity contribution is -0.137. The minimum Gasteiger partial charge on any atom is -0.490 e. The average Bonchev–Trinajstić information content (AvgIpc) is 2.74. The highest BCUT2D eigenvalue weighted by Gasteiger charge is 2.30. The largest absolute Gasteiger partial charge is 0.490 e. The molecule has 3 aromatic carbocycles. The summed E-state index contributed by atoms with van der Waals surface area (Å²) in [6.45, 7) is 2.25. The number of anilines is 1. The van der Waals surface area contributed by atoms with Gasteiger partial charge in [0.05, 0.1) is 24.1 Å². The van der Waals surface area contributed by atoms with Crippen LogP contribution in [0.4, 0.5) is 18.9 Å². The Morgan fingerprint density at radius 3 is 2.43 bits per heavy atom. The molecule has 30 heavy (non-hydrogen) atoms. The standard InChI is InChI=1S/C23H21F3N2O2/c1-2-29-22-14-17(15-27-28-20-9-4-3-5-10-20)11-12-21(22)30-16-18-7-6-8-19(13-18)23(24,25)26/h3-15,28H,2,16H2,1H3. The molecule has 0 aromatic heterocycles. The molecule has 0 amide bonds. The van der Waals surface area contributed by atoms with E-state index in [4.69, 9.17) is 9.47 Å². The monoisotopic (exact) mass is 414 g/mol. The first-order valence-corrected chi connectivity index (χ1v) is 9.35. The zero-order valence-corrected chi connectivity index (χ0v) is 16.3. The Morgan fingerprint density at radius 1 is 0.900 bits per heavy atom. The zero-order chi connectivity index (χ0) is 21.4. The number of nitrogens with zero attached hydrogens (tertiary/aromatic N) is 1. The lowest BCUT2D eigenvalue weighted by Gasteiger charge is -2.13. The molecule has 0 atom stereocenters. The van der Waals surface area contributed by atoms with Gasteiger partial charge in [-0.25, -0.2) is 0 Å². The van der Waals surface area contributed by atoms with Crippen LogP contribution in [0.25, 0.3) is 0 Å². The first kappa shape index (κ1) is 21.2. The van der Waals surface area contributed by atoms with Crippen molar-refractivity contribution in [1.82, 2.24) is 0 Å². The van der Waals surface area contributed by atoms with Gasteiger partial charge in [0, 0.05) is 0 Å². The van der Waals surface area contributed by atoms with Gasteiger partial charge < -0.3 is 9.47 Å². The van der Waals surface area contributed by atoms with Gasteiger partial charge >= 0.3 is 6.18 Å². The molecule has 0 saturated carbocycles. The predicted octanol–water partition coefficient (Wildman–Crippen LogP) is 6.13. The summed E-state index contributed by atoms with van der Waals surface area (Å²) in [4.78, 5) is 0. The van der Waals surface area contributed by atoms with E-state index in [0.717, 1.165) is 23.4 Å². The number of halogens is 3. The van der Waals surface area contributed by atoms with E-state index < -0.39 is 11.7 Å². The van der Waals surface area contributed by atoms with Crippen LogP contribution in [0, 0.1) is 0 Å². The first-order chi connectivity index (χ1) is 14.5. The highest BCUT2D eigenvalue weighted by molar-refractivity contribution is 5.81. The van der Waals surface area contributed by atoms with Crippen LogP contribution in [0.3, 0.4) is 0 Å². The smallest absolute Gasteiger partial charge is 0.416 e. The van der Waals surface area contributed by atoms with Crippen LogP contribution in [0.2, 0.25) is 0 Å². The Hall–Kier alpha value is -3.48. The van der Waals surface area contributed by atoms with Crippen molar-refractivity contribution in [2.24, 2.45) is 5.10 Å². The molecule has 0 saturated heterocycles. The summed E-state index contributed by atoms with van der Waals surface area (Å²) in [7, 11) is 0. The van der Waals surface area contributed by atoms with E-state index in [1.54, 1.807) is 30.5 Å². The minimum atomic E-state index is -4.39.